The molecule has 3 rings (SSSR count). The van der Waals surface area contributed by atoms with Gasteiger partial charge in [-0.15, -0.1) is 0 Å². The lowest BCUT2D eigenvalue weighted by Crippen LogP contribution is -2.27. The Bertz CT molecular complexity index is 1110. The van der Waals surface area contributed by atoms with E-state index in [2.05, 4.69) is 41.2 Å². The summed E-state index contributed by atoms with van der Waals surface area (Å²) in [6.45, 7) is 3.42. The molecule has 0 aliphatic heterocycles. The number of aliphatic hydroxyl groups excluding tert-OH is 1. The average Bonchev–Trinajstić information content (AvgIpc) is 2.94. The molecule has 1 amide bonds. The lowest BCUT2D eigenvalue weighted by molar-refractivity contribution is 0.0511. The molecule has 0 saturated heterocycles. The quantitative estimate of drug-likeness (QED) is 0.129. The highest BCUT2D eigenvalue weighted by atomic mass is 16.5. The second-order valence-electron chi connectivity index (χ2n) is 7.93. The van der Waals surface area contributed by atoms with Crippen LogP contribution in [0.15, 0.2) is 48.7 Å². The Labute approximate surface area is 221 Å². The standard InChI is InChI=1S/C25H35N9O4/c26-8-14-37-16-17-38-15-12-28-22(36)19-4-3-6-21(18-19)31-25-33-23(32-24(34-25)30-11-13-35)29-10-7-20-5-1-2-9-27-20/h1-6,9,18,35H,7-8,10-17,26H2,(H,28,36)(H3,29,30,31,32,33,34). The molecule has 0 spiro atoms. The molecule has 0 bridgehead atoms. The minimum atomic E-state index is -0.227. The summed E-state index contributed by atoms with van der Waals surface area (Å²) in [5, 5.41) is 21.2. The summed E-state index contributed by atoms with van der Waals surface area (Å²) in [5.74, 6) is 0.721. The van der Waals surface area contributed by atoms with Gasteiger partial charge in [-0.3, -0.25) is 9.78 Å². The summed E-state index contributed by atoms with van der Waals surface area (Å²) in [5.41, 5.74) is 7.41. The van der Waals surface area contributed by atoms with E-state index in [-0.39, 0.29) is 25.0 Å². The molecule has 0 fully saturated rings. The van der Waals surface area contributed by atoms with Crippen molar-refractivity contribution >= 4 is 29.4 Å². The number of nitrogens with one attached hydrogen (secondary N) is 4. The molecular formula is C25H35N9O4. The number of benzene rings is 1. The second kappa shape index (κ2) is 16.8. The van der Waals surface area contributed by atoms with E-state index in [0.717, 1.165) is 5.69 Å². The van der Waals surface area contributed by atoms with Crippen molar-refractivity contribution in [2.75, 3.05) is 75.2 Å². The van der Waals surface area contributed by atoms with Crippen LogP contribution in [0, 0.1) is 0 Å². The van der Waals surface area contributed by atoms with E-state index in [9.17, 15) is 4.79 Å². The predicted molar refractivity (Wildman–Crippen MR) is 145 cm³/mol. The SMILES string of the molecule is NCCOCCOCCNC(=O)c1cccc(Nc2nc(NCCO)nc(NCCc3ccccn3)n2)c1. The molecule has 0 atom stereocenters. The molecule has 0 aliphatic carbocycles. The van der Waals surface area contributed by atoms with Crippen molar-refractivity contribution in [2.45, 2.75) is 6.42 Å². The molecule has 0 saturated carbocycles. The van der Waals surface area contributed by atoms with Crippen molar-refractivity contribution in [3.63, 3.8) is 0 Å². The minimum Gasteiger partial charge on any atom is -0.395 e. The smallest absolute Gasteiger partial charge is 0.251 e. The molecule has 7 N–H and O–H groups in total. The molecule has 13 nitrogen and oxygen atoms in total. The first-order valence-electron chi connectivity index (χ1n) is 12.4. The number of aromatic nitrogens is 4. The number of carbonyl (C=O) groups excluding carboxylic acids is 1. The molecule has 2 aromatic heterocycles. The number of carbonyl (C=O) groups is 1. The summed E-state index contributed by atoms with van der Waals surface area (Å²) >= 11 is 0. The van der Waals surface area contributed by atoms with Gasteiger partial charge in [-0.05, 0) is 30.3 Å². The molecule has 1 aromatic carbocycles. The summed E-state index contributed by atoms with van der Waals surface area (Å²) in [7, 11) is 0. The van der Waals surface area contributed by atoms with Gasteiger partial charge in [-0.2, -0.15) is 15.0 Å². The topological polar surface area (TPSA) is 181 Å². The van der Waals surface area contributed by atoms with Crippen LogP contribution < -0.4 is 27.0 Å². The van der Waals surface area contributed by atoms with Crippen molar-refractivity contribution in [3.8, 4) is 0 Å². The number of ether oxygens (including phenoxy) is 2. The zero-order chi connectivity index (χ0) is 26.8. The van der Waals surface area contributed by atoms with Crippen LogP contribution in [0.2, 0.25) is 0 Å². The second-order valence-corrected chi connectivity index (χ2v) is 7.93. The van der Waals surface area contributed by atoms with Crippen LogP contribution in [-0.2, 0) is 15.9 Å². The van der Waals surface area contributed by atoms with Gasteiger partial charge in [0.05, 0.1) is 33.0 Å². The number of nitrogens with two attached hydrogens (primary N) is 1. The number of anilines is 4. The number of hydrogen-bond donors (Lipinski definition) is 6. The predicted octanol–water partition coefficient (Wildman–Crippen LogP) is 0.791. The molecule has 3 aromatic rings. The number of amides is 1. The van der Waals surface area contributed by atoms with E-state index in [4.69, 9.17) is 20.3 Å². The van der Waals surface area contributed by atoms with Gasteiger partial charge in [-0.1, -0.05) is 12.1 Å². The van der Waals surface area contributed by atoms with E-state index < -0.39 is 0 Å². The van der Waals surface area contributed by atoms with Crippen molar-refractivity contribution < 1.29 is 19.4 Å². The Morgan fingerprint density at radius 1 is 0.868 bits per heavy atom. The maximum absolute atomic E-state index is 12.6. The maximum atomic E-state index is 12.6. The van der Waals surface area contributed by atoms with E-state index in [0.29, 0.717) is 75.6 Å². The Morgan fingerprint density at radius 3 is 2.37 bits per heavy atom. The minimum absolute atomic E-state index is 0.0683. The molecule has 0 radical (unpaired) electrons. The lowest BCUT2D eigenvalue weighted by Gasteiger charge is -2.12. The normalized spacial score (nSPS) is 10.7. The summed E-state index contributed by atoms with van der Waals surface area (Å²) < 4.78 is 10.7. The van der Waals surface area contributed by atoms with E-state index in [1.54, 1.807) is 30.5 Å². The summed E-state index contributed by atoms with van der Waals surface area (Å²) in [6, 6.07) is 12.8. The first-order chi connectivity index (χ1) is 18.7. The molecule has 0 aliphatic rings. The number of rotatable bonds is 18. The Morgan fingerprint density at radius 2 is 1.63 bits per heavy atom. The largest absolute Gasteiger partial charge is 0.395 e. The molecule has 0 unspecified atom stereocenters. The monoisotopic (exact) mass is 525 g/mol. The van der Waals surface area contributed by atoms with Gasteiger partial charge < -0.3 is 41.6 Å². The van der Waals surface area contributed by atoms with Crippen LogP contribution in [0.3, 0.4) is 0 Å². The van der Waals surface area contributed by atoms with Crippen LogP contribution >= 0.6 is 0 Å². The third-order valence-corrected chi connectivity index (χ3v) is 4.97. The number of pyridine rings is 1. The Kier molecular flexibility index (Phi) is 12.6. The lowest BCUT2D eigenvalue weighted by atomic mass is 10.2. The fraction of sp³-hybridized carbons (Fsp3) is 0.400. The highest BCUT2D eigenvalue weighted by Crippen LogP contribution is 2.17. The van der Waals surface area contributed by atoms with Gasteiger partial charge in [-0.25, -0.2) is 0 Å². The fourth-order valence-electron chi connectivity index (χ4n) is 3.22. The molecule has 204 valence electrons. The highest BCUT2D eigenvalue weighted by Gasteiger charge is 2.10. The summed E-state index contributed by atoms with van der Waals surface area (Å²) in [6.07, 6.45) is 2.44. The van der Waals surface area contributed by atoms with Crippen LogP contribution in [0.5, 0.6) is 0 Å². The Hall–Kier alpha value is -3.91. The van der Waals surface area contributed by atoms with Crippen LogP contribution in [0.1, 0.15) is 16.1 Å². The van der Waals surface area contributed by atoms with E-state index in [1.807, 2.05) is 18.2 Å². The van der Waals surface area contributed by atoms with Crippen LogP contribution in [-0.4, -0.2) is 90.2 Å². The Balaban J connectivity index is 1.55. The van der Waals surface area contributed by atoms with Crippen LogP contribution in [0.25, 0.3) is 0 Å². The first-order valence-corrected chi connectivity index (χ1v) is 12.4. The van der Waals surface area contributed by atoms with E-state index >= 15 is 0 Å². The van der Waals surface area contributed by atoms with Crippen molar-refractivity contribution in [3.05, 3.63) is 59.9 Å². The number of hydrogen-bond acceptors (Lipinski definition) is 12. The van der Waals surface area contributed by atoms with Gasteiger partial charge in [0.15, 0.2) is 0 Å². The molecular weight excluding hydrogens is 490 g/mol. The van der Waals surface area contributed by atoms with Crippen molar-refractivity contribution in [1.29, 1.82) is 0 Å². The molecule has 13 heteroatoms. The number of aliphatic hydroxyl groups is 1. The van der Waals surface area contributed by atoms with Crippen molar-refractivity contribution in [2.24, 2.45) is 5.73 Å². The molecule has 38 heavy (non-hydrogen) atoms. The summed E-state index contributed by atoms with van der Waals surface area (Å²) in [4.78, 5) is 30.0. The van der Waals surface area contributed by atoms with Gasteiger partial charge in [0, 0.05) is 55.7 Å². The zero-order valence-corrected chi connectivity index (χ0v) is 21.2. The average molecular weight is 526 g/mol. The van der Waals surface area contributed by atoms with Crippen molar-refractivity contribution in [1.82, 2.24) is 25.3 Å². The maximum Gasteiger partial charge on any atom is 0.251 e. The van der Waals surface area contributed by atoms with Gasteiger partial charge in [0.25, 0.3) is 5.91 Å². The number of nitrogens with zero attached hydrogens (tertiary/aromatic N) is 4. The van der Waals surface area contributed by atoms with E-state index in [1.165, 1.54) is 0 Å². The third kappa shape index (κ3) is 10.6. The van der Waals surface area contributed by atoms with Gasteiger partial charge >= 0.3 is 0 Å². The van der Waals surface area contributed by atoms with Gasteiger partial charge in [0.2, 0.25) is 17.8 Å². The molecule has 2 heterocycles. The first kappa shape index (κ1) is 28.7. The fourth-order valence-corrected chi connectivity index (χ4v) is 3.22. The third-order valence-electron chi connectivity index (χ3n) is 4.97. The van der Waals surface area contributed by atoms with Crippen LogP contribution in [0.4, 0.5) is 23.5 Å². The zero-order valence-electron chi connectivity index (χ0n) is 21.2. The highest BCUT2D eigenvalue weighted by molar-refractivity contribution is 5.95. The van der Waals surface area contributed by atoms with Gasteiger partial charge in [0.1, 0.15) is 0 Å².